The molecule has 0 aliphatic carbocycles. The second-order valence-electron chi connectivity index (χ2n) is 5.37. The number of rotatable bonds is 1. The number of pyridine rings is 1. The first kappa shape index (κ1) is 10.2. The Morgan fingerprint density at radius 2 is 2.00 bits per heavy atom. The van der Waals surface area contributed by atoms with Crippen molar-refractivity contribution in [1.82, 2.24) is 9.38 Å². The topological polar surface area (TPSA) is 17.3 Å². The normalized spacial score (nSPS) is 12.3. The Hall–Kier alpha value is -1.31. The van der Waals surface area contributed by atoms with E-state index in [1.807, 2.05) is 0 Å². The van der Waals surface area contributed by atoms with Crippen LogP contribution in [0.3, 0.4) is 0 Å². The summed E-state index contributed by atoms with van der Waals surface area (Å²) in [6.07, 6.45) is 3.17. The minimum absolute atomic E-state index is 0.297. The molecule has 0 bridgehead atoms. The van der Waals surface area contributed by atoms with Gasteiger partial charge in [-0.05, 0) is 30.9 Å². The van der Waals surface area contributed by atoms with Crippen LogP contribution >= 0.6 is 0 Å². The van der Waals surface area contributed by atoms with Crippen LogP contribution in [0.5, 0.6) is 0 Å². The third-order valence-electron chi connectivity index (χ3n) is 2.46. The van der Waals surface area contributed by atoms with E-state index in [2.05, 4.69) is 61.5 Å². The van der Waals surface area contributed by atoms with E-state index in [1.165, 1.54) is 11.4 Å². The van der Waals surface area contributed by atoms with Crippen LogP contribution in [0.15, 0.2) is 24.4 Å². The molecule has 0 saturated carbocycles. The zero-order valence-corrected chi connectivity index (χ0v) is 9.91. The fourth-order valence-corrected chi connectivity index (χ4v) is 1.83. The number of hydrogen-bond acceptors (Lipinski definition) is 1. The smallest absolute Gasteiger partial charge is 0.137 e. The molecule has 0 spiro atoms. The average molecular weight is 202 g/mol. The summed E-state index contributed by atoms with van der Waals surface area (Å²) in [6.45, 7) is 8.83. The number of aryl methyl sites for hydroxylation is 1. The first-order valence-corrected chi connectivity index (χ1v) is 5.39. The molecule has 2 heterocycles. The van der Waals surface area contributed by atoms with Gasteiger partial charge in [0.05, 0.1) is 5.69 Å². The molecule has 0 aliphatic rings. The van der Waals surface area contributed by atoms with Crippen LogP contribution in [0.25, 0.3) is 5.65 Å². The van der Waals surface area contributed by atoms with E-state index in [0.29, 0.717) is 5.41 Å². The van der Waals surface area contributed by atoms with Crippen molar-refractivity contribution >= 4 is 5.65 Å². The van der Waals surface area contributed by atoms with Crippen LogP contribution in [0.2, 0.25) is 0 Å². The fraction of sp³-hybridized carbons (Fsp3) is 0.462. The van der Waals surface area contributed by atoms with Crippen LogP contribution in [0.1, 0.15) is 32.2 Å². The number of fused-ring (bicyclic) bond motifs is 1. The summed E-state index contributed by atoms with van der Waals surface area (Å²) in [7, 11) is 0. The quantitative estimate of drug-likeness (QED) is 0.694. The van der Waals surface area contributed by atoms with Crippen LogP contribution in [-0.4, -0.2) is 9.38 Å². The monoisotopic (exact) mass is 202 g/mol. The summed E-state index contributed by atoms with van der Waals surface area (Å²) in [5.41, 5.74) is 3.76. The summed E-state index contributed by atoms with van der Waals surface area (Å²) in [4.78, 5) is 4.62. The molecule has 0 N–H and O–H groups in total. The predicted molar refractivity (Wildman–Crippen MR) is 63.1 cm³/mol. The van der Waals surface area contributed by atoms with Crippen LogP contribution < -0.4 is 0 Å². The Labute approximate surface area is 91.0 Å². The molecule has 2 nitrogen and oxygen atoms in total. The molecule has 2 heteroatoms. The third-order valence-corrected chi connectivity index (χ3v) is 2.46. The van der Waals surface area contributed by atoms with E-state index in [4.69, 9.17) is 0 Å². The number of hydrogen-bond donors (Lipinski definition) is 0. The maximum absolute atomic E-state index is 4.62. The summed E-state index contributed by atoms with van der Waals surface area (Å²) in [5.74, 6) is 0. The zero-order valence-electron chi connectivity index (χ0n) is 9.91. The first-order valence-electron chi connectivity index (χ1n) is 5.39. The molecule has 2 rings (SSSR count). The third kappa shape index (κ3) is 2.20. The van der Waals surface area contributed by atoms with E-state index in [-0.39, 0.29) is 0 Å². The number of aromatic nitrogens is 2. The second-order valence-corrected chi connectivity index (χ2v) is 5.37. The highest BCUT2D eigenvalue weighted by atomic mass is 15.0. The van der Waals surface area contributed by atoms with Gasteiger partial charge in [0.15, 0.2) is 0 Å². The van der Waals surface area contributed by atoms with E-state index in [1.54, 1.807) is 0 Å². The van der Waals surface area contributed by atoms with Gasteiger partial charge < -0.3 is 4.40 Å². The lowest BCUT2D eigenvalue weighted by Crippen LogP contribution is -2.09. The molecule has 15 heavy (non-hydrogen) atoms. The minimum Gasteiger partial charge on any atom is -0.304 e. The molecule has 0 atom stereocenters. The molecular formula is C13H18N2. The van der Waals surface area contributed by atoms with Gasteiger partial charge in [-0.25, -0.2) is 4.98 Å². The van der Waals surface area contributed by atoms with E-state index in [0.717, 1.165) is 12.1 Å². The Morgan fingerprint density at radius 1 is 1.27 bits per heavy atom. The Kier molecular flexibility index (Phi) is 2.29. The minimum atomic E-state index is 0.297. The molecular weight excluding hydrogens is 184 g/mol. The van der Waals surface area contributed by atoms with Gasteiger partial charge in [-0.1, -0.05) is 26.8 Å². The summed E-state index contributed by atoms with van der Waals surface area (Å²) in [6, 6.07) is 6.22. The molecule has 0 aromatic carbocycles. The van der Waals surface area contributed by atoms with Crippen molar-refractivity contribution in [3.05, 3.63) is 35.8 Å². The van der Waals surface area contributed by atoms with E-state index >= 15 is 0 Å². The highest BCUT2D eigenvalue weighted by Gasteiger charge is 2.13. The average Bonchev–Trinajstić information content (AvgIpc) is 2.45. The standard InChI is InChI=1S/C13H18N2/c1-10-6-5-7-12-14-11(9-15(10)12)8-13(2,3)4/h5-7,9H,8H2,1-4H3. The predicted octanol–water partition coefficient (Wildman–Crippen LogP) is 3.23. The van der Waals surface area contributed by atoms with Crippen LogP contribution in [0, 0.1) is 12.3 Å². The van der Waals surface area contributed by atoms with Gasteiger partial charge in [-0.15, -0.1) is 0 Å². The highest BCUT2D eigenvalue weighted by molar-refractivity contribution is 5.41. The van der Waals surface area contributed by atoms with Gasteiger partial charge in [0.2, 0.25) is 0 Å². The Balaban J connectivity index is 2.44. The first-order chi connectivity index (χ1) is 6.96. The van der Waals surface area contributed by atoms with Gasteiger partial charge in [0.1, 0.15) is 5.65 Å². The fourth-order valence-electron chi connectivity index (χ4n) is 1.83. The largest absolute Gasteiger partial charge is 0.304 e. The molecule has 0 amide bonds. The van der Waals surface area contributed by atoms with Gasteiger partial charge in [0.25, 0.3) is 0 Å². The lowest BCUT2D eigenvalue weighted by Gasteiger charge is -2.15. The molecule has 0 saturated heterocycles. The summed E-state index contributed by atoms with van der Waals surface area (Å²) >= 11 is 0. The van der Waals surface area contributed by atoms with Crippen LogP contribution in [-0.2, 0) is 6.42 Å². The highest BCUT2D eigenvalue weighted by Crippen LogP contribution is 2.20. The number of imidazole rings is 1. The van der Waals surface area contributed by atoms with Gasteiger partial charge in [0, 0.05) is 11.9 Å². The van der Waals surface area contributed by atoms with Crippen molar-refractivity contribution in [2.75, 3.05) is 0 Å². The molecule has 0 radical (unpaired) electrons. The Morgan fingerprint density at radius 3 is 2.60 bits per heavy atom. The van der Waals surface area contributed by atoms with E-state index in [9.17, 15) is 0 Å². The van der Waals surface area contributed by atoms with Gasteiger partial charge >= 0.3 is 0 Å². The van der Waals surface area contributed by atoms with Crippen LogP contribution in [0.4, 0.5) is 0 Å². The number of nitrogens with zero attached hydrogens (tertiary/aromatic N) is 2. The molecule has 0 fully saturated rings. The molecule has 2 aromatic heterocycles. The summed E-state index contributed by atoms with van der Waals surface area (Å²) in [5, 5.41) is 0. The van der Waals surface area contributed by atoms with Crippen molar-refractivity contribution in [3.63, 3.8) is 0 Å². The maximum atomic E-state index is 4.62. The van der Waals surface area contributed by atoms with Gasteiger partial charge in [-0.2, -0.15) is 0 Å². The zero-order chi connectivity index (χ0) is 11.1. The lowest BCUT2D eigenvalue weighted by atomic mass is 9.91. The molecule has 0 aliphatic heterocycles. The Bertz CT molecular complexity index is 475. The SMILES string of the molecule is Cc1cccc2nc(CC(C)(C)C)cn12. The maximum Gasteiger partial charge on any atom is 0.137 e. The van der Waals surface area contributed by atoms with Crippen molar-refractivity contribution in [3.8, 4) is 0 Å². The van der Waals surface area contributed by atoms with Crippen molar-refractivity contribution in [2.45, 2.75) is 34.1 Å². The molecule has 0 unspecified atom stereocenters. The van der Waals surface area contributed by atoms with E-state index < -0.39 is 0 Å². The molecule has 2 aromatic rings. The van der Waals surface area contributed by atoms with Crippen molar-refractivity contribution in [2.24, 2.45) is 5.41 Å². The lowest BCUT2D eigenvalue weighted by molar-refractivity contribution is 0.407. The summed E-state index contributed by atoms with van der Waals surface area (Å²) < 4.78 is 2.15. The van der Waals surface area contributed by atoms with Gasteiger partial charge in [-0.3, -0.25) is 0 Å². The molecule has 80 valence electrons. The second kappa shape index (κ2) is 3.37. The van der Waals surface area contributed by atoms with Crippen molar-refractivity contribution in [1.29, 1.82) is 0 Å². The van der Waals surface area contributed by atoms with Crippen molar-refractivity contribution < 1.29 is 0 Å².